The van der Waals surface area contributed by atoms with Gasteiger partial charge >= 0.3 is 0 Å². The Morgan fingerprint density at radius 1 is 1.14 bits per heavy atom. The summed E-state index contributed by atoms with van der Waals surface area (Å²) in [5.41, 5.74) is 3.13. The van der Waals surface area contributed by atoms with E-state index in [-0.39, 0.29) is 11.8 Å². The van der Waals surface area contributed by atoms with Gasteiger partial charge in [-0.05, 0) is 42.2 Å². The topological polar surface area (TPSA) is 49.0 Å². The van der Waals surface area contributed by atoms with Crippen molar-refractivity contribution in [3.8, 4) is 11.1 Å². The van der Waals surface area contributed by atoms with Crippen LogP contribution in [-0.2, 0) is 4.79 Å². The van der Waals surface area contributed by atoms with Crippen molar-refractivity contribution in [2.24, 2.45) is 0 Å². The summed E-state index contributed by atoms with van der Waals surface area (Å²) in [6.07, 6.45) is 6.80. The molecule has 2 heterocycles. The Morgan fingerprint density at radius 3 is 2.76 bits per heavy atom. The molecule has 1 saturated heterocycles. The lowest BCUT2D eigenvalue weighted by molar-refractivity contribution is -0.127. The fourth-order valence-electron chi connectivity index (χ4n) is 3.75. The molecule has 1 aromatic heterocycles. The minimum absolute atomic E-state index is 0.0348. The maximum Gasteiger partial charge on any atom is 0.246 e. The molecule has 3 aromatic rings. The molecule has 1 fully saturated rings. The van der Waals surface area contributed by atoms with Crippen molar-refractivity contribution in [1.82, 2.24) is 15.1 Å². The Hall–Kier alpha value is -3.28. The second-order valence-corrected chi connectivity index (χ2v) is 7.19. The van der Waals surface area contributed by atoms with Crippen LogP contribution in [0.5, 0.6) is 0 Å². The molecule has 2 aromatic carbocycles. The summed E-state index contributed by atoms with van der Waals surface area (Å²) in [6.45, 7) is 1.25. The number of piperidine rings is 1. The van der Waals surface area contributed by atoms with Gasteiger partial charge in [-0.2, -0.15) is 5.10 Å². The summed E-state index contributed by atoms with van der Waals surface area (Å²) in [5, 5.41) is 7.12. The van der Waals surface area contributed by atoms with Crippen molar-refractivity contribution in [2.75, 3.05) is 13.1 Å². The molecule has 6 heteroatoms. The van der Waals surface area contributed by atoms with E-state index < -0.39 is 11.6 Å². The number of hydrogen-bond donors (Lipinski definition) is 1. The van der Waals surface area contributed by atoms with Crippen molar-refractivity contribution in [1.29, 1.82) is 0 Å². The summed E-state index contributed by atoms with van der Waals surface area (Å²) in [4.78, 5) is 14.5. The Bertz CT molecular complexity index is 1030. The molecule has 0 aliphatic carbocycles. The van der Waals surface area contributed by atoms with Crippen LogP contribution in [0, 0.1) is 11.6 Å². The van der Waals surface area contributed by atoms with Crippen LogP contribution in [0.1, 0.15) is 30.0 Å². The molecule has 1 N–H and O–H groups in total. The van der Waals surface area contributed by atoms with E-state index in [0.29, 0.717) is 18.7 Å². The second-order valence-electron chi connectivity index (χ2n) is 7.19. The smallest absolute Gasteiger partial charge is 0.246 e. The van der Waals surface area contributed by atoms with E-state index in [1.165, 1.54) is 6.07 Å². The molecule has 0 radical (unpaired) electrons. The third-order valence-corrected chi connectivity index (χ3v) is 5.26. The lowest BCUT2D eigenvalue weighted by Crippen LogP contribution is -2.38. The van der Waals surface area contributed by atoms with Crippen molar-refractivity contribution >= 4 is 12.0 Å². The SMILES string of the molecule is O=C(/C=C/c1ccccc1)N1CCC[C@H](c2[nH]ncc2-c2ccc(F)c(F)c2)C1. The van der Waals surface area contributed by atoms with Crippen molar-refractivity contribution in [3.05, 3.63) is 83.7 Å². The Morgan fingerprint density at radius 2 is 1.97 bits per heavy atom. The molecular formula is C23H21F2N3O. The average molecular weight is 393 g/mol. The van der Waals surface area contributed by atoms with Gasteiger partial charge in [0.15, 0.2) is 11.6 Å². The van der Waals surface area contributed by atoms with Gasteiger partial charge in [-0.25, -0.2) is 8.78 Å². The molecule has 1 aliphatic rings. The third-order valence-electron chi connectivity index (χ3n) is 5.26. The molecule has 0 spiro atoms. The van der Waals surface area contributed by atoms with Gasteiger partial charge in [0.2, 0.25) is 5.91 Å². The molecule has 4 nitrogen and oxygen atoms in total. The quantitative estimate of drug-likeness (QED) is 0.649. The average Bonchev–Trinajstić information content (AvgIpc) is 3.25. The van der Waals surface area contributed by atoms with Crippen LogP contribution in [0.25, 0.3) is 17.2 Å². The molecule has 1 aliphatic heterocycles. The second kappa shape index (κ2) is 8.39. The van der Waals surface area contributed by atoms with Gasteiger partial charge in [-0.1, -0.05) is 36.4 Å². The highest BCUT2D eigenvalue weighted by molar-refractivity contribution is 5.91. The van der Waals surface area contributed by atoms with Gasteiger partial charge in [-0.3, -0.25) is 9.89 Å². The maximum absolute atomic E-state index is 13.7. The van der Waals surface area contributed by atoms with E-state index in [4.69, 9.17) is 0 Å². The van der Waals surface area contributed by atoms with Crippen LogP contribution in [-0.4, -0.2) is 34.1 Å². The van der Waals surface area contributed by atoms with E-state index in [9.17, 15) is 13.6 Å². The summed E-state index contributed by atoms with van der Waals surface area (Å²) in [6, 6.07) is 13.5. The van der Waals surface area contributed by atoms with Gasteiger partial charge in [0.1, 0.15) is 0 Å². The zero-order valence-corrected chi connectivity index (χ0v) is 15.8. The van der Waals surface area contributed by atoms with Gasteiger partial charge in [0, 0.05) is 36.3 Å². The minimum atomic E-state index is -0.888. The predicted molar refractivity (Wildman–Crippen MR) is 108 cm³/mol. The molecule has 1 atom stereocenters. The Kier molecular flexibility index (Phi) is 5.51. The van der Waals surface area contributed by atoms with Crippen LogP contribution >= 0.6 is 0 Å². The molecular weight excluding hydrogens is 372 g/mol. The molecule has 29 heavy (non-hydrogen) atoms. The normalized spacial score (nSPS) is 17.0. The van der Waals surface area contributed by atoms with Crippen LogP contribution < -0.4 is 0 Å². The maximum atomic E-state index is 13.7. The number of nitrogens with one attached hydrogen (secondary N) is 1. The first-order chi connectivity index (χ1) is 14.1. The number of carbonyl (C=O) groups is 1. The predicted octanol–water partition coefficient (Wildman–Crippen LogP) is 4.77. The summed E-state index contributed by atoms with van der Waals surface area (Å²) in [5.74, 6) is -1.74. The van der Waals surface area contributed by atoms with Crippen molar-refractivity contribution in [2.45, 2.75) is 18.8 Å². The van der Waals surface area contributed by atoms with Gasteiger partial charge in [0.05, 0.1) is 6.20 Å². The van der Waals surface area contributed by atoms with E-state index in [0.717, 1.165) is 35.7 Å². The van der Waals surface area contributed by atoms with Crippen LogP contribution in [0.15, 0.2) is 60.8 Å². The number of benzene rings is 2. The third kappa shape index (κ3) is 4.26. The van der Waals surface area contributed by atoms with E-state index in [2.05, 4.69) is 10.2 Å². The summed E-state index contributed by atoms with van der Waals surface area (Å²) >= 11 is 0. The first-order valence-corrected chi connectivity index (χ1v) is 9.62. The molecule has 4 rings (SSSR count). The monoisotopic (exact) mass is 393 g/mol. The first-order valence-electron chi connectivity index (χ1n) is 9.62. The number of rotatable bonds is 4. The van der Waals surface area contributed by atoms with E-state index in [1.54, 1.807) is 18.3 Å². The molecule has 0 saturated carbocycles. The number of likely N-dealkylation sites (tertiary alicyclic amines) is 1. The van der Waals surface area contributed by atoms with Gasteiger partial charge in [-0.15, -0.1) is 0 Å². The van der Waals surface area contributed by atoms with Crippen LogP contribution in [0.4, 0.5) is 8.78 Å². The largest absolute Gasteiger partial charge is 0.338 e. The van der Waals surface area contributed by atoms with Crippen molar-refractivity contribution < 1.29 is 13.6 Å². The Balaban J connectivity index is 1.51. The zero-order chi connectivity index (χ0) is 20.2. The van der Waals surface area contributed by atoms with Gasteiger partial charge in [0.25, 0.3) is 0 Å². The molecule has 0 unspecified atom stereocenters. The van der Waals surface area contributed by atoms with E-state index >= 15 is 0 Å². The number of hydrogen-bond acceptors (Lipinski definition) is 2. The lowest BCUT2D eigenvalue weighted by atomic mass is 9.90. The highest BCUT2D eigenvalue weighted by Gasteiger charge is 2.27. The standard InChI is InChI=1S/C23H21F2N3O/c24-20-10-9-17(13-21(20)25)19-14-26-27-23(19)18-7-4-12-28(15-18)22(29)11-8-16-5-2-1-3-6-16/h1-3,5-6,8-11,13-14,18H,4,7,12,15H2,(H,26,27)/b11-8+/t18-/m0/s1. The zero-order valence-electron chi connectivity index (χ0n) is 15.8. The number of aromatic nitrogens is 2. The first kappa shape index (κ1) is 19.1. The number of aromatic amines is 1. The number of carbonyl (C=O) groups excluding carboxylic acids is 1. The number of halogens is 2. The number of amides is 1. The van der Waals surface area contributed by atoms with E-state index in [1.807, 2.05) is 41.3 Å². The van der Waals surface area contributed by atoms with Crippen LogP contribution in [0.3, 0.4) is 0 Å². The fourth-order valence-corrected chi connectivity index (χ4v) is 3.75. The fraction of sp³-hybridized carbons (Fsp3) is 0.217. The highest BCUT2D eigenvalue weighted by Crippen LogP contribution is 2.33. The molecule has 0 bridgehead atoms. The Labute approximate surface area is 167 Å². The van der Waals surface area contributed by atoms with Crippen molar-refractivity contribution in [3.63, 3.8) is 0 Å². The van der Waals surface area contributed by atoms with Crippen LogP contribution in [0.2, 0.25) is 0 Å². The summed E-state index contributed by atoms with van der Waals surface area (Å²) < 4.78 is 27.0. The number of nitrogens with zero attached hydrogens (tertiary/aromatic N) is 2. The number of H-pyrrole nitrogens is 1. The molecule has 148 valence electrons. The highest BCUT2D eigenvalue weighted by atomic mass is 19.2. The summed E-state index contributed by atoms with van der Waals surface area (Å²) in [7, 11) is 0. The minimum Gasteiger partial charge on any atom is -0.338 e. The molecule has 1 amide bonds. The lowest BCUT2D eigenvalue weighted by Gasteiger charge is -2.32. The van der Waals surface area contributed by atoms with Gasteiger partial charge < -0.3 is 4.90 Å².